The molecule has 9 heteroatoms. The largest absolute Gasteiger partial charge is 0.308 e. The normalized spacial score (nSPS) is 13.6. The Hall–Kier alpha value is -2.45. The molecule has 0 unspecified atom stereocenters. The van der Waals surface area contributed by atoms with Gasteiger partial charge in [-0.05, 0) is 36.2 Å². The van der Waals surface area contributed by atoms with Crippen LogP contribution in [0.3, 0.4) is 0 Å². The van der Waals surface area contributed by atoms with Gasteiger partial charge in [-0.1, -0.05) is 11.6 Å². The summed E-state index contributed by atoms with van der Waals surface area (Å²) in [6.07, 6.45) is 1.52. The first-order valence-corrected chi connectivity index (χ1v) is 9.54. The summed E-state index contributed by atoms with van der Waals surface area (Å²) >= 11 is 5.91. The van der Waals surface area contributed by atoms with Crippen LogP contribution in [0, 0.1) is 10.1 Å². The predicted molar refractivity (Wildman–Crippen MR) is 93.0 cm³/mol. The zero-order valence-corrected chi connectivity index (χ0v) is 14.7. The summed E-state index contributed by atoms with van der Waals surface area (Å²) in [4.78, 5) is 24.5. The summed E-state index contributed by atoms with van der Waals surface area (Å²) in [5.74, 6) is -0.380. The van der Waals surface area contributed by atoms with E-state index in [0.29, 0.717) is 24.2 Å². The maximum absolute atomic E-state index is 12.8. The molecule has 0 fully saturated rings. The number of hydrogen-bond acceptors (Lipinski definition) is 5. The summed E-state index contributed by atoms with van der Waals surface area (Å²) in [6.45, 7) is 0.367. The minimum Gasteiger partial charge on any atom is -0.308 e. The molecule has 2 aromatic rings. The van der Waals surface area contributed by atoms with Crippen molar-refractivity contribution in [3.05, 3.63) is 62.7 Å². The van der Waals surface area contributed by atoms with E-state index in [1.54, 1.807) is 0 Å². The molecule has 0 saturated carbocycles. The molecule has 25 heavy (non-hydrogen) atoms. The van der Waals surface area contributed by atoms with Crippen molar-refractivity contribution in [2.24, 2.45) is 0 Å². The highest BCUT2D eigenvalue weighted by atomic mass is 35.5. The summed E-state index contributed by atoms with van der Waals surface area (Å²) in [7, 11) is -3.57. The second-order valence-corrected chi connectivity index (χ2v) is 8.09. The molecule has 1 aliphatic rings. The van der Waals surface area contributed by atoms with Crippen LogP contribution in [0.15, 0.2) is 41.3 Å². The first-order chi connectivity index (χ1) is 11.7. The Labute approximate surface area is 148 Å². The molecule has 130 valence electrons. The number of sulfone groups is 1. The molecule has 1 aliphatic heterocycles. The Morgan fingerprint density at radius 2 is 1.96 bits per heavy atom. The second kappa shape index (κ2) is 6.12. The Morgan fingerprint density at radius 3 is 2.60 bits per heavy atom. The first-order valence-electron chi connectivity index (χ1n) is 7.27. The Balaban J connectivity index is 1.98. The number of benzene rings is 2. The maximum Gasteiger partial charge on any atom is 0.269 e. The molecule has 1 heterocycles. The van der Waals surface area contributed by atoms with Crippen LogP contribution in [0.1, 0.15) is 15.9 Å². The summed E-state index contributed by atoms with van der Waals surface area (Å²) < 4.78 is 23.6. The topological polar surface area (TPSA) is 97.6 Å². The van der Waals surface area contributed by atoms with Crippen LogP contribution in [0.5, 0.6) is 0 Å². The van der Waals surface area contributed by atoms with Crippen molar-refractivity contribution < 1.29 is 18.1 Å². The second-order valence-electron chi connectivity index (χ2n) is 5.69. The van der Waals surface area contributed by atoms with E-state index in [4.69, 9.17) is 11.6 Å². The highest BCUT2D eigenvalue weighted by Gasteiger charge is 2.28. The molecule has 2 aromatic carbocycles. The van der Waals surface area contributed by atoms with Crippen molar-refractivity contribution >= 4 is 38.7 Å². The first kappa shape index (κ1) is 17.4. The van der Waals surface area contributed by atoms with E-state index in [-0.39, 0.29) is 27.1 Å². The summed E-state index contributed by atoms with van der Waals surface area (Å²) in [5, 5.41) is 10.9. The van der Waals surface area contributed by atoms with Crippen LogP contribution < -0.4 is 4.90 Å². The number of halogens is 1. The lowest BCUT2D eigenvalue weighted by Gasteiger charge is -2.18. The Bertz CT molecular complexity index is 1000. The number of carbonyl (C=O) groups is 1. The molecule has 0 saturated heterocycles. The van der Waals surface area contributed by atoms with Crippen molar-refractivity contribution in [3.63, 3.8) is 0 Å². The minimum atomic E-state index is -3.57. The minimum absolute atomic E-state index is 0.0288. The van der Waals surface area contributed by atoms with Crippen LogP contribution in [-0.4, -0.2) is 32.0 Å². The maximum atomic E-state index is 12.8. The van der Waals surface area contributed by atoms with Gasteiger partial charge in [-0.15, -0.1) is 0 Å². The fraction of sp³-hybridized carbons (Fsp3) is 0.188. The number of non-ortho nitro benzene ring substituents is 1. The van der Waals surface area contributed by atoms with Gasteiger partial charge in [-0.25, -0.2) is 8.42 Å². The fourth-order valence-corrected chi connectivity index (χ4v) is 4.09. The molecule has 0 spiro atoms. The van der Waals surface area contributed by atoms with Crippen molar-refractivity contribution in [1.29, 1.82) is 0 Å². The van der Waals surface area contributed by atoms with Gasteiger partial charge in [0.2, 0.25) is 0 Å². The van der Waals surface area contributed by atoms with E-state index in [1.807, 2.05) is 0 Å². The van der Waals surface area contributed by atoms with Gasteiger partial charge < -0.3 is 4.90 Å². The van der Waals surface area contributed by atoms with E-state index in [1.165, 1.54) is 41.3 Å². The third-order valence-corrected chi connectivity index (χ3v) is 5.57. The number of nitro groups is 1. The molecule has 0 aliphatic carbocycles. The van der Waals surface area contributed by atoms with Gasteiger partial charge in [0.15, 0.2) is 9.84 Å². The number of hydrogen-bond donors (Lipinski definition) is 0. The van der Waals surface area contributed by atoms with Crippen LogP contribution in [0.25, 0.3) is 0 Å². The monoisotopic (exact) mass is 380 g/mol. The van der Waals surface area contributed by atoms with Crippen molar-refractivity contribution in [1.82, 2.24) is 0 Å². The third kappa shape index (κ3) is 3.22. The molecule has 0 radical (unpaired) electrons. The number of rotatable bonds is 3. The van der Waals surface area contributed by atoms with Gasteiger partial charge in [0.05, 0.1) is 14.8 Å². The van der Waals surface area contributed by atoms with Gasteiger partial charge in [0.1, 0.15) is 0 Å². The number of nitro benzene ring substituents is 1. The van der Waals surface area contributed by atoms with Crippen LogP contribution >= 0.6 is 11.6 Å². The lowest BCUT2D eigenvalue weighted by Crippen LogP contribution is -2.29. The van der Waals surface area contributed by atoms with Gasteiger partial charge in [-0.2, -0.15) is 0 Å². The van der Waals surface area contributed by atoms with Gasteiger partial charge in [-0.3, -0.25) is 14.9 Å². The standard InChI is InChI=1S/C16H13ClN2O5S/c1-25(23,24)15-9-11(2-4-13(15)17)16(20)18-7-6-10-8-12(19(21)22)3-5-14(10)18/h2-5,8-9H,6-7H2,1H3. The van der Waals surface area contributed by atoms with E-state index >= 15 is 0 Å². The number of carbonyl (C=O) groups excluding carboxylic acids is 1. The number of fused-ring (bicyclic) bond motifs is 1. The highest BCUT2D eigenvalue weighted by molar-refractivity contribution is 7.90. The average Bonchev–Trinajstić information content (AvgIpc) is 2.96. The van der Waals surface area contributed by atoms with E-state index in [9.17, 15) is 23.3 Å². The molecule has 1 amide bonds. The Kier molecular flexibility index (Phi) is 4.26. The van der Waals surface area contributed by atoms with E-state index in [2.05, 4.69) is 0 Å². The molecule has 7 nitrogen and oxygen atoms in total. The summed E-state index contributed by atoms with van der Waals surface area (Å²) in [5.41, 5.74) is 1.46. The van der Waals surface area contributed by atoms with Crippen LogP contribution in [0.4, 0.5) is 11.4 Å². The van der Waals surface area contributed by atoms with Gasteiger partial charge >= 0.3 is 0 Å². The highest BCUT2D eigenvalue weighted by Crippen LogP contribution is 2.33. The zero-order chi connectivity index (χ0) is 18.4. The molecular formula is C16H13ClN2O5S. The van der Waals surface area contributed by atoms with Gasteiger partial charge in [0.25, 0.3) is 11.6 Å². The van der Waals surface area contributed by atoms with Crippen molar-refractivity contribution in [2.45, 2.75) is 11.3 Å². The molecule has 0 bridgehead atoms. The van der Waals surface area contributed by atoms with Crippen molar-refractivity contribution in [3.8, 4) is 0 Å². The zero-order valence-electron chi connectivity index (χ0n) is 13.1. The predicted octanol–water partition coefficient (Wildman–Crippen LogP) is 2.85. The SMILES string of the molecule is CS(=O)(=O)c1cc(C(=O)N2CCc3cc([N+](=O)[O-])ccc32)ccc1Cl. The fourth-order valence-electron chi connectivity index (χ4n) is 2.79. The molecule has 3 rings (SSSR count). The number of anilines is 1. The number of nitrogens with zero attached hydrogens (tertiary/aromatic N) is 2. The van der Waals surface area contributed by atoms with E-state index in [0.717, 1.165) is 6.26 Å². The smallest absolute Gasteiger partial charge is 0.269 e. The van der Waals surface area contributed by atoms with Gasteiger partial charge in [0, 0.05) is 36.2 Å². The van der Waals surface area contributed by atoms with Crippen LogP contribution in [0.2, 0.25) is 5.02 Å². The average molecular weight is 381 g/mol. The molecule has 0 N–H and O–H groups in total. The lowest BCUT2D eigenvalue weighted by molar-refractivity contribution is -0.384. The lowest BCUT2D eigenvalue weighted by atomic mass is 10.1. The number of amides is 1. The molecule has 0 atom stereocenters. The quantitative estimate of drug-likeness (QED) is 0.602. The van der Waals surface area contributed by atoms with Crippen molar-refractivity contribution in [2.75, 3.05) is 17.7 Å². The van der Waals surface area contributed by atoms with Crippen LogP contribution in [-0.2, 0) is 16.3 Å². The molecule has 0 aromatic heterocycles. The Morgan fingerprint density at radius 1 is 1.24 bits per heavy atom. The summed E-state index contributed by atoms with van der Waals surface area (Å²) in [6, 6.07) is 8.41. The molecular weight excluding hydrogens is 368 g/mol. The third-order valence-electron chi connectivity index (χ3n) is 3.99. The van der Waals surface area contributed by atoms with E-state index < -0.39 is 14.8 Å².